The Kier molecular flexibility index (Phi) is 6.19. The summed E-state index contributed by atoms with van der Waals surface area (Å²) in [4.78, 5) is 22.9. The summed E-state index contributed by atoms with van der Waals surface area (Å²) in [6, 6.07) is 0. The van der Waals surface area contributed by atoms with Crippen LogP contribution in [0, 0.1) is 11.3 Å². The molecule has 21 heavy (non-hydrogen) atoms. The second kappa shape index (κ2) is 7.24. The van der Waals surface area contributed by atoms with E-state index in [2.05, 4.69) is 10.1 Å². The first-order valence-corrected chi connectivity index (χ1v) is 9.04. The van der Waals surface area contributed by atoms with Gasteiger partial charge in [-0.1, -0.05) is 13.8 Å². The van der Waals surface area contributed by atoms with Gasteiger partial charge in [-0.05, 0) is 30.6 Å². The van der Waals surface area contributed by atoms with E-state index in [1.807, 2.05) is 13.8 Å². The van der Waals surface area contributed by atoms with E-state index in [0.717, 1.165) is 6.42 Å². The van der Waals surface area contributed by atoms with Gasteiger partial charge in [-0.25, -0.2) is 8.42 Å². The van der Waals surface area contributed by atoms with E-state index in [0.29, 0.717) is 25.3 Å². The van der Waals surface area contributed by atoms with Crippen molar-refractivity contribution < 1.29 is 22.7 Å². The predicted octanol–water partition coefficient (Wildman–Crippen LogP) is 0.907. The second-order valence-electron chi connectivity index (χ2n) is 6.32. The molecule has 0 aromatic rings. The largest absolute Gasteiger partial charge is 0.469 e. The van der Waals surface area contributed by atoms with Crippen LogP contribution < -0.4 is 5.32 Å². The zero-order valence-corrected chi connectivity index (χ0v) is 13.8. The number of esters is 1. The Morgan fingerprint density at radius 1 is 1.29 bits per heavy atom. The normalized spacial score (nSPS) is 16.6. The summed E-state index contributed by atoms with van der Waals surface area (Å²) in [5, 5.41) is 2.62. The summed E-state index contributed by atoms with van der Waals surface area (Å²) in [5.74, 6) is -1.04. The van der Waals surface area contributed by atoms with Crippen LogP contribution in [-0.4, -0.2) is 45.5 Å². The van der Waals surface area contributed by atoms with E-state index in [-0.39, 0.29) is 12.2 Å². The summed E-state index contributed by atoms with van der Waals surface area (Å²) in [7, 11) is -2.21. The number of sulfone groups is 1. The fourth-order valence-electron chi connectivity index (χ4n) is 2.20. The van der Waals surface area contributed by atoms with Crippen LogP contribution in [0.5, 0.6) is 0 Å². The minimum absolute atomic E-state index is 0.109. The Bertz CT molecular complexity index is 480. The number of amides is 1. The summed E-state index contributed by atoms with van der Waals surface area (Å²) in [5.41, 5.74) is -0.510. The number of hydrogen-bond acceptors (Lipinski definition) is 5. The molecule has 7 heteroatoms. The van der Waals surface area contributed by atoms with Gasteiger partial charge in [0.05, 0.1) is 19.3 Å². The standard InChI is InChI=1S/C14H25NO5S/c1-11(2)4-7-15-12(16)9-21(18,19)10-14(5-6-14)8-13(17)20-3/h11H,4-10H2,1-3H3,(H,15,16). The number of rotatable bonds is 9. The molecule has 1 aliphatic rings. The molecule has 1 N–H and O–H groups in total. The topological polar surface area (TPSA) is 89.5 Å². The highest BCUT2D eigenvalue weighted by atomic mass is 32.2. The molecule has 1 saturated carbocycles. The molecule has 0 aromatic carbocycles. The van der Waals surface area contributed by atoms with Gasteiger partial charge in [0.2, 0.25) is 5.91 Å². The molecular formula is C14H25NO5S. The summed E-state index contributed by atoms with van der Waals surface area (Å²) in [6.45, 7) is 4.55. The molecule has 0 bridgehead atoms. The number of carbonyl (C=O) groups is 2. The second-order valence-corrected chi connectivity index (χ2v) is 8.38. The number of nitrogens with one attached hydrogen (secondary N) is 1. The number of carbonyl (C=O) groups excluding carboxylic acids is 2. The molecule has 1 amide bonds. The van der Waals surface area contributed by atoms with Gasteiger partial charge in [0.25, 0.3) is 0 Å². The Hall–Kier alpha value is -1.11. The lowest BCUT2D eigenvalue weighted by Crippen LogP contribution is -2.34. The molecule has 122 valence electrons. The van der Waals surface area contributed by atoms with Crippen molar-refractivity contribution in [1.82, 2.24) is 5.32 Å². The first-order valence-electron chi connectivity index (χ1n) is 7.22. The van der Waals surface area contributed by atoms with Crippen LogP contribution in [0.1, 0.15) is 39.5 Å². The zero-order valence-electron chi connectivity index (χ0n) is 13.0. The molecule has 0 unspecified atom stereocenters. The van der Waals surface area contributed by atoms with Crippen LogP contribution in [-0.2, 0) is 24.2 Å². The number of hydrogen-bond donors (Lipinski definition) is 1. The van der Waals surface area contributed by atoms with Gasteiger partial charge in [0.1, 0.15) is 5.75 Å². The zero-order chi connectivity index (χ0) is 16.1. The molecule has 0 heterocycles. The molecule has 1 aliphatic carbocycles. The van der Waals surface area contributed by atoms with Gasteiger partial charge in [0.15, 0.2) is 9.84 Å². The van der Waals surface area contributed by atoms with Gasteiger partial charge in [-0.15, -0.1) is 0 Å². The van der Waals surface area contributed by atoms with Crippen LogP contribution in [0.3, 0.4) is 0 Å². The van der Waals surface area contributed by atoms with Crippen LogP contribution >= 0.6 is 0 Å². The van der Waals surface area contributed by atoms with Gasteiger partial charge < -0.3 is 10.1 Å². The highest BCUT2D eigenvalue weighted by molar-refractivity contribution is 7.92. The Morgan fingerprint density at radius 2 is 1.90 bits per heavy atom. The number of methoxy groups -OCH3 is 1. The van der Waals surface area contributed by atoms with Crippen molar-refractivity contribution in [3.8, 4) is 0 Å². The SMILES string of the molecule is COC(=O)CC1(CS(=O)(=O)CC(=O)NCCC(C)C)CC1. The summed E-state index contributed by atoms with van der Waals surface area (Å²) in [6.07, 6.45) is 2.31. The Labute approximate surface area is 126 Å². The Morgan fingerprint density at radius 3 is 2.38 bits per heavy atom. The molecular weight excluding hydrogens is 294 g/mol. The van der Waals surface area contributed by atoms with E-state index in [9.17, 15) is 18.0 Å². The maximum atomic E-state index is 12.1. The maximum Gasteiger partial charge on any atom is 0.306 e. The lowest BCUT2D eigenvalue weighted by Gasteiger charge is -2.14. The van der Waals surface area contributed by atoms with Crippen molar-refractivity contribution in [3.05, 3.63) is 0 Å². The third-order valence-electron chi connectivity index (χ3n) is 3.63. The van der Waals surface area contributed by atoms with Crippen molar-refractivity contribution in [2.75, 3.05) is 25.2 Å². The highest BCUT2D eigenvalue weighted by Crippen LogP contribution is 2.50. The molecule has 1 fully saturated rings. The fraction of sp³-hybridized carbons (Fsp3) is 0.857. The molecule has 0 atom stereocenters. The number of ether oxygens (including phenoxy) is 1. The van der Waals surface area contributed by atoms with Crippen LogP contribution in [0.25, 0.3) is 0 Å². The van der Waals surface area contributed by atoms with Gasteiger partial charge >= 0.3 is 5.97 Å². The molecule has 0 radical (unpaired) electrons. The summed E-state index contributed by atoms with van der Waals surface area (Å²) < 4.78 is 28.7. The molecule has 0 aliphatic heterocycles. The van der Waals surface area contributed by atoms with E-state index >= 15 is 0 Å². The maximum absolute atomic E-state index is 12.1. The van der Waals surface area contributed by atoms with Gasteiger partial charge in [0, 0.05) is 6.54 Å². The van der Waals surface area contributed by atoms with Crippen molar-refractivity contribution in [1.29, 1.82) is 0 Å². The van der Waals surface area contributed by atoms with Crippen LogP contribution in [0.4, 0.5) is 0 Å². The fourth-order valence-corrected chi connectivity index (χ4v) is 4.12. The molecule has 6 nitrogen and oxygen atoms in total. The molecule has 1 rings (SSSR count). The van der Waals surface area contributed by atoms with Gasteiger partial charge in [-0.3, -0.25) is 9.59 Å². The quantitative estimate of drug-likeness (QED) is 0.638. The summed E-state index contributed by atoms with van der Waals surface area (Å²) >= 11 is 0. The smallest absolute Gasteiger partial charge is 0.306 e. The Balaban J connectivity index is 2.43. The lowest BCUT2D eigenvalue weighted by atomic mass is 10.1. The highest BCUT2D eigenvalue weighted by Gasteiger charge is 2.48. The van der Waals surface area contributed by atoms with E-state index in [1.54, 1.807) is 0 Å². The van der Waals surface area contributed by atoms with E-state index in [1.165, 1.54) is 7.11 Å². The lowest BCUT2D eigenvalue weighted by molar-refractivity contribution is -0.141. The third-order valence-corrected chi connectivity index (χ3v) is 5.38. The van der Waals surface area contributed by atoms with E-state index < -0.39 is 32.9 Å². The van der Waals surface area contributed by atoms with Crippen LogP contribution in [0.15, 0.2) is 0 Å². The van der Waals surface area contributed by atoms with Crippen molar-refractivity contribution in [3.63, 3.8) is 0 Å². The average Bonchev–Trinajstić information content (AvgIpc) is 3.05. The minimum Gasteiger partial charge on any atom is -0.469 e. The predicted molar refractivity (Wildman–Crippen MR) is 79.4 cm³/mol. The monoisotopic (exact) mass is 319 g/mol. The van der Waals surface area contributed by atoms with Crippen LogP contribution in [0.2, 0.25) is 0 Å². The van der Waals surface area contributed by atoms with Crippen molar-refractivity contribution in [2.24, 2.45) is 11.3 Å². The first kappa shape index (κ1) is 17.9. The third kappa shape index (κ3) is 6.93. The minimum atomic E-state index is -3.50. The molecule has 0 saturated heterocycles. The molecule has 0 spiro atoms. The van der Waals surface area contributed by atoms with Gasteiger partial charge in [-0.2, -0.15) is 0 Å². The van der Waals surface area contributed by atoms with Crippen molar-refractivity contribution in [2.45, 2.75) is 39.5 Å². The van der Waals surface area contributed by atoms with Crippen molar-refractivity contribution >= 4 is 21.7 Å². The van der Waals surface area contributed by atoms with E-state index in [4.69, 9.17) is 0 Å². The average molecular weight is 319 g/mol. The molecule has 0 aromatic heterocycles. The first-order chi connectivity index (χ1) is 9.68.